The number of amides is 1. The van der Waals surface area contributed by atoms with Crippen LogP contribution < -0.4 is 5.43 Å². The molecule has 1 aromatic carbocycles. The summed E-state index contributed by atoms with van der Waals surface area (Å²) in [6.45, 7) is 2.24. The highest BCUT2D eigenvalue weighted by molar-refractivity contribution is 5.87. The number of aryl methyl sites for hydroxylation is 1. The van der Waals surface area contributed by atoms with Gasteiger partial charge in [0.05, 0.1) is 0 Å². The molecule has 1 aliphatic rings. The van der Waals surface area contributed by atoms with E-state index in [-0.39, 0.29) is 5.91 Å². The lowest BCUT2D eigenvalue weighted by atomic mass is 9.89. The lowest BCUT2D eigenvalue weighted by Gasteiger charge is -2.18. The van der Waals surface area contributed by atoms with Gasteiger partial charge in [-0.15, -0.1) is 0 Å². The summed E-state index contributed by atoms with van der Waals surface area (Å²) in [5.74, 6) is 0.711. The van der Waals surface area contributed by atoms with Gasteiger partial charge in [0.2, 0.25) is 5.91 Å². The van der Waals surface area contributed by atoms with Crippen molar-refractivity contribution in [1.82, 2.24) is 5.43 Å². The topological polar surface area (TPSA) is 41.5 Å². The van der Waals surface area contributed by atoms with Crippen molar-refractivity contribution in [2.45, 2.75) is 45.4 Å². The van der Waals surface area contributed by atoms with Crippen LogP contribution in [-0.2, 0) is 11.2 Å². The van der Waals surface area contributed by atoms with Crippen LogP contribution in [0.5, 0.6) is 0 Å². The summed E-state index contributed by atoms with van der Waals surface area (Å²) in [5.41, 5.74) is 5.03. The zero-order chi connectivity index (χ0) is 13.5. The van der Waals surface area contributed by atoms with Gasteiger partial charge in [-0.2, -0.15) is 5.10 Å². The molecule has 1 unspecified atom stereocenters. The van der Waals surface area contributed by atoms with Crippen LogP contribution in [0, 0.1) is 5.92 Å². The highest BCUT2D eigenvalue weighted by Gasteiger charge is 2.14. The van der Waals surface area contributed by atoms with Gasteiger partial charge in [0.15, 0.2) is 0 Å². The predicted octanol–water partition coefficient (Wildman–Crippen LogP) is 3.30. The van der Waals surface area contributed by atoms with E-state index in [2.05, 4.69) is 17.5 Å². The van der Waals surface area contributed by atoms with E-state index in [1.54, 1.807) is 0 Å². The molecule has 0 saturated heterocycles. The third-order valence-corrected chi connectivity index (χ3v) is 3.57. The molecule has 1 atom stereocenters. The molecule has 1 aromatic rings. The van der Waals surface area contributed by atoms with Crippen molar-refractivity contribution < 1.29 is 4.79 Å². The van der Waals surface area contributed by atoms with Gasteiger partial charge >= 0.3 is 0 Å². The second-order valence-electron chi connectivity index (χ2n) is 5.40. The summed E-state index contributed by atoms with van der Waals surface area (Å²) in [6, 6.07) is 10.1. The maximum atomic E-state index is 11.7. The van der Waals surface area contributed by atoms with Crippen molar-refractivity contribution in [2.24, 2.45) is 11.0 Å². The first-order valence-corrected chi connectivity index (χ1v) is 7.12. The molecule has 19 heavy (non-hydrogen) atoms. The van der Waals surface area contributed by atoms with Gasteiger partial charge in [-0.05, 0) is 43.6 Å². The standard InChI is InChI=1S/C16H22N2O/c1-13-6-5-9-15(12-13)17-18-16(19)11-10-14-7-3-2-4-8-14/h2-4,7-8,13H,5-6,9-12H2,1H3,(H,18,19). The summed E-state index contributed by atoms with van der Waals surface area (Å²) >= 11 is 0. The van der Waals surface area contributed by atoms with Gasteiger partial charge in [-0.25, -0.2) is 5.43 Å². The molecule has 1 N–H and O–H groups in total. The highest BCUT2D eigenvalue weighted by atomic mass is 16.2. The Kier molecular flexibility index (Phi) is 5.13. The number of carbonyl (C=O) groups is 1. The minimum absolute atomic E-state index is 0.00887. The molecule has 0 spiro atoms. The van der Waals surface area contributed by atoms with Crippen molar-refractivity contribution in [1.29, 1.82) is 0 Å². The van der Waals surface area contributed by atoms with E-state index >= 15 is 0 Å². The van der Waals surface area contributed by atoms with Crippen LogP contribution in [0.25, 0.3) is 0 Å². The van der Waals surface area contributed by atoms with E-state index in [0.29, 0.717) is 12.3 Å². The molecule has 1 fully saturated rings. The Hall–Kier alpha value is -1.64. The molecule has 0 bridgehead atoms. The fourth-order valence-electron chi connectivity index (χ4n) is 2.46. The smallest absolute Gasteiger partial charge is 0.240 e. The summed E-state index contributed by atoms with van der Waals surface area (Å²) < 4.78 is 0. The van der Waals surface area contributed by atoms with Crippen LogP contribution in [-0.4, -0.2) is 11.6 Å². The Morgan fingerprint density at radius 1 is 1.37 bits per heavy atom. The minimum Gasteiger partial charge on any atom is -0.273 e. The number of hydrogen-bond acceptors (Lipinski definition) is 2. The number of rotatable bonds is 4. The van der Waals surface area contributed by atoms with Crippen LogP contribution >= 0.6 is 0 Å². The van der Waals surface area contributed by atoms with Crippen LogP contribution in [0.3, 0.4) is 0 Å². The molecule has 0 aliphatic heterocycles. The summed E-state index contributed by atoms with van der Waals surface area (Å²) in [4.78, 5) is 11.7. The Morgan fingerprint density at radius 2 is 2.16 bits per heavy atom. The predicted molar refractivity (Wildman–Crippen MR) is 78.0 cm³/mol. The highest BCUT2D eigenvalue weighted by Crippen LogP contribution is 2.20. The molecular weight excluding hydrogens is 236 g/mol. The molecule has 1 saturated carbocycles. The SMILES string of the molecule is CC1CCCC(=NNC(=O)CCc2ccccc2)C1. The molecular formula is C16H22N2O. The molecule has 0 radical (unpaired) electrons. The van der Waals surface area contributed by atoms with Gasteiger partial charge in [0, 0.05) is 12.1 Å². The summed E-state index contributed by atoms with van der Waals surface area (Å²) in [5, 5.41) is 4.26. The molecule has 3 nitrogen and oxygen atoms in total. The Bertz CT molecular complexity index is 439. The number of nitrogens with zero attached hydrogens (tertiary/aromatic N) is 1. The summed E-state index contributed by atoms with van der Waals surface area (Å²) in [6.07, 6.45) is 5.80. The van der Waals surface area contributed by atoms with Gasteiger partial charge in [0.25, 0.3) is 0 Å². The quantitative estimate of drug-likeness (QED) is 0.827. The van der Waals surface area contributed by atoms with Crippen molar-refractivity contribution in [2.75, 3.05) is 0 Å². The molecule has 1 amide bonds. The second kappa shape index (κ2) is 7.07. The third-order valence-electron chi connectivity index (χ3n) is 3.57. The molecule has 3 heteroatoms. The molecule has 102 valence electrons. The fraction of sp³-hybridized carbons (Fsp3) is 0.500. The van der Waals surface area contributed by atoms with Crippen LogP contribution in [0.4, 0.5) is 0 Å². The lowest BCUT2D eigenvalue weighted by Crippen LogP contribution is -2.22. The maximum Gasteiger partial charge on any atom is 0.240 e. The first-order chi connectivity index (χ1) is 9.24. The van der Waals surface area contributed by atoms with Crippen molar-refractivity contribution >= 4 is 11.6 Å². The molecule has 2 rings (SSSR count). The Balaban J connectivity index is 1.74. The maximum absolute atomic E-state index is 11.7. The van der Waals surface area contributed by atoms with Gasteiger partial charge in [0.1, 0.15) is 0 Å². The monoisotopic (exact) mass is 258 g/mol. The van der Waals surface area contributed by atoms with Gasteiger partial charge < -0.3 is 0 Å². The first-order valence-electron chi connectivity index (χ1n) is 7.12. The lowest BCUT2D eigenvalue weighted by molar-refractivity contribution is -0.121. The zero-order valence-corrected chi connectivity index (χ0v) is 11.6. The number of nitrogens with one attached hydrogen (secondary N) is 1. The molecule has 1 aliphatic carbocycles. The van der Waals surface area contributed by atoms with E-state index in [1.807, 2.05) is 30.3 Å². The summed E-state index contributed by atoms with van der Waals surface area (Å²) in [7, 11) is 0. The second-order valence-corrected chi connectivity index (χ2v) is 5.40. The van der Waals surface area contributed by atoms with E-state index in [9.17, 15) is 4.79 Å². The minimum atomic E-state index is 0.00887. The van der Waals surface area contributed by atoms with Crippen molar-refractivity contribution in [3.63, 3.8) is 0 Å². The molecule has 0 aromatic heterocycles. The van der Waals surface area contributed by atoms with Crippen LogP contribution in [0.2, 0.25) is 0 Å². The molecule has 0 heterocycles. The fourth-order valence-corrected chi connectivity index (χ4v) is 2.46. The number of carbonyl (C=O) groups excluding carboxylic acids is 1. The largest absolute Gasteiger partial charge is 0.273 e. The van der Waals surface area contributed by atoms with Crippen molar-refractivity contribution in [3.05, 3.63) is 35.9 Å². The Morgan fingerprint density at radius 3 is 2.89 bits per heavy atom. The number of benzene rings is 1. The number of hydrazone groups is 1. The van der Waals surface area contributed by atoms with Gasteiger partial charge in [-0.1, -0.05) is 37.3 Å². The van der Waals surface area contributed by atoms with Crippen LogP contribution in [0.15, 0.2) is 35.4 Å². The van der Waals surface area contributed by atoms with Crippen molar-refractivity contribution in [3.8, 4) is 0 Å². The van der Waals surface area contributed by atoms with E-state index in [1.165, 1.54) is 18.4 Å². The average Bonchev–Trinajstić information content (AvgIpc) is 2.44. The number of hydrogen-bond donors (Lipinski definition) is 1. The Labute approximate surface area is 115 Å². The van der Waals surface area contributed by atoms with E-state index in [4.69, 9.17) is 0 Å². The first kappa shape index (κ1) is 13.8. The normalized spacial score (nSPS) is 21.3. The van der Waals surface area contributed by atoms with E-state index in [0.717, 1.165) is 25.0 Å². The van der Waals surface area contributed by atoms with E-state index < -0.39 is 0 Å². The van der Waals surface area contributed by atoms with Crippen LogP contribution in [0.1, 0.15) is 44.6 Å². The third kappa shape index (κ3) is 4.86. The zero-order valence-electron chi connectivity index (χ0n) is 11.6. The van der Waals surface area contributed by atoms with Gasteiger partial charge in [-0.3, -0.25) is 4.79 Å². The average molecular weight is 258 g/mol.